The molecule has 1 rings (SSSR count). The maximum absolute atomic E-state index is 2.23. The van der Waals surface area contributed by atoms with E-state index < -0.39 is 0 Å². The molecule has 0 saturated heterocycles. The van der Waals surface area contributed by atoms with Crippen LogP contribution in [-0.4, -0.2) is 5.75 Å². The van der Waals surface area contributed by atoms with Gasteiger partial charge >= 0.3 is 0 Å². The topological polar surface area (TPSA) is 35.0 Å². The van der Waals surface area contributed by atoms with E-state index in [1.54, 1.807) is 0 Å². The Morgan fingerprint density at radius 2 is 1.83 bits per heavy atom. The highest BCUT2D eigenvalue weighted by Gasteiger charge is 1.89. The molecular formula is C10H17NS. The van der Waals surface area contributed by atoms with Gasteiger partial charge in [0.25, 0.3) is 0 Å². The molecule has 0 atom stereocenters. The summed E-state index contributed by atoms with van der Waals surface area (Å²) in [6.07, 6.45) is 2.61. The molecule has 1 nitrogen and oxygen atoms in total. The van der Waals surface area contributed by atoms with Crippen molar-refractivity contribution in [3.05, 3.63) is 30.3 Å². The Hall–Kier alpha value is -0.470. The maximum atomic E-state index is 2.23. The molecule has 0 aliphatic carbocycles. The first-order chi connectivity index (χ1) is 5.43. The standard InChI is InChI=1S/C10H14S.H3N/c1-2-3-9-11-10-7-5-4-6-8-10;/h4-8H,2-3,9H2,1H3;1H3. The van der Waals surface area contributed by atoms with Gasteiger partial charge in [-0.1, -0.05) is 31.5 Å². The molecule has 0 radical (unpaired) electrons. The van der Waals surface area contributed by atoms with Gasteiger partial charge in [0.2, 0.25) is 0 Å². The van der Waals surface area contributed by atoms with Gasteiger partial charge in [-0.25, -0.2) is 0 Å². The normalized spacial score (nSPS) is 9.08. The molecule has 0 fully saturated rings. The number of thioether (sulfide) groups is 1. The van der Waals surface area contributed by atoms with E-state index in [-0.39, 0.29) is 6.15 Å². The van der Waals surface area contributed by atoms with Crippen LogP contribution in [0.5, 0.6) is 0 Å². The van der Waals surface area contributed by atoms with E-state index in [0.29, 0.717) is 0 Å². The summed E-state index contributed by atoms with van der Waals surface area (Å²) in [4.78, 5) is 1.39. The van der Waals surface area contributed by atoms with Crippen molar-refractivity contribution in [1.29, 1.82) is 0 Å². The van der Waals surface area contributed by atoms with E-state index in [0.717, 1.165) is 0 Å². The van der Waals surface area contributed by atoms with Crippen molar-refractivity contribution in [3.63, 3.8) is 0 Å². The van der Waals surface area contributed by atoms with Crippen molar-refractivity contribution in [3.8, 4) is 0 Å². The molecular weight excluding hydrogens is 166 g/mol. The van der Waals surface area contributed by atoms with E-state index in [4.69, 9.17) is 0 Å². The largest absolute Gasteiger partial charge is 0.344 e. The lowest BCUT2D eigenvalue weighted by molar-refractivity contribution is 0.896. The van der Waals surface area contributed by atoms with Gasteiger partial charge in [0.1, 0.15) is 0 Å². The van der Waals surface area contributed by atoms with E-state index in [9.17, 15) is 0 Å². The van der Waals surface area contributed by atoms with Crippen molar-refractivity contribution in [1.82, 2.24) is 6.15 Å². The summed E-state index contributed by atoms with van der Waals surface area (Å²) >= 11 is 1.94. The van der Waals surface area contributed by atoms with Gasteiger partial charge in [-0.2, -0.15) is 0 Å². The van der Waals surface area contributed by atoms with Crippen molar-refractivity contribution in [2.24, 2.45) is 0 Å². The van der Waals surface area contributed by atoms with Crippen LogP contribution < -0.4 is 6.15 Å². The van der Waals surface area contributed by atoms with E-state index in [1.165, 1.54) is 23.5 Å². The van der Waals surface area contributed by atoms with Crippen LogP contribution >= 0.6 is 11.8 Å². The van der Waals surface area contributed by atoms with Crippen LogP contribution in [0.25, 0.3) is 0 Å². The highest BCUT2D eigenvalue weighted by molar-refractivity contribution is 7.99. The van der Waals surface area contributed by atoms with E-state index in [1.807, 2.05) is 11.8 Å². The Kier molecular flexibility index (Phi) is 6.91. The molecule has 0 aromatic heterocycles. The molecule has 0 unspecified atom stereocenters. The summed E-state index contributed by atoms with van der Waals surface area (Å²) in [6.45, 7) is 2.23. The molecule has 0 heterocycles. The molecule has 0 bridgehead atoms. The quantitative estimate of drug-likeness (QED) is 0.570. The lowest BCUT2D eigenvalue weighted by Crippen LogP contribution is -1.76. The van der Waals surface area contributed by atoms with Crippen LogP contribution in [-0.2, 0) is 0 Å². The van der Waals surface area contributed by atoms with Crippen molar-refractivity contribution in [2.45, 2.75) is 24.7 Å². The average Bonchev–Trinajstić information content (AvgIpc) is 2.07. The minimum absolute atomic E-state index is 0. The fourth-order valence-electron chi connectivity index (χ4n) is 0.851. The lowest BCUT2D eigenvalue weighted by atomic mass is 10.4. The first kappa shape index (κ1) is 11.5. The minimum Gasteiger partial charge on any atom is -0.344 e. The molecule has 12 heavy (non-hydrogen) atoms. The monoisotopic (exact) mass is 183 g/mol. The number of benzene rings is 1. The zero-order chi connectivity index (χ0) is 7.94. The third kappa shape index (κ3) is 4.42. The third-order valence-corrected chi connectivity index (χ3v) is 2.61. The van der Waals surface area contributed by atoms with Crippen LogP contribution in [0, 0.1) is 0 Å². The zero-order valence-electron chi connectivity index (χ0n) is 7.62. The number of hydrogen-bond donors (Lipinski definition) is 1. The van der Waals surface area contributed by atoms with Crippen molar-refractivity contribution >= 4 is 11.8 Å². The van der Waals surface area contributed by atoms with Gasteiger partial charge in [-0.05, 0) is 24.3 Å². The third-order valence-electron chi connectivity index (χ3n) is 1.51. The molecule has 3 N–H and O–H groups in total. The number of rotatable bonds is 4. The van der Waals surface area contributed by atoms with Crippen molar-refractivity contribution < 1.29 is 0 Å². The predicted molar refractivity (Wildman–Crippen MR) is 57.1 cm³/mol. The van der Waals surface area contributed by atoms with Gasteiger partial charge in [0, 0.05) is 4.90 Å². The van der Waals surface area contributed by atoms with Gasteiger partial charge in [0.15, 0.2) is 0 Å². The first-order valence-corrected chi connectivity index (χ1v) is 5.10. The van der Waals surface area contributed by atoms with Gasteiger partial charge < -0.3 is 6.15 Å². The average molecular weight is 183 g/mol. The van der Waals surface area contributed by atoms with E-state index >= 15 is 0 Å². The lowest BCUT2D eigenvalue weighted by Gasteiger charge is -1.98. The van der Waals surface area contributed by atoms with Crippen molar-refractivity contribution in [2.75, 3.05) is 5.75 Å². The fraction of sp³-hybridized carbons (Fsp3) is 0.400. The Balaban J connectivity index is 0.00000121. The molecule has 0 spiro atoms. The minimum atomic E-state index is 0. The molecule has 68 valence electrons. The van der Waals surface area contributed by atoms with Gasteiger partial charge in [0.05, 0.1) is 0 Å². The second-order valence-electron chi connectivity index (χ2n) is 2.52. The smallest absolute Gasteiger partial charge is 0.00719 e. The van der Waals surface area contributed by atoms with Crippen LogP contribution in [0.4, 0.5) is 0 Å². The summed E-state index contributed by atoms with van der Waals surface area (Å²) < 4.78 is 0. The molecule has 2 heteroatoms. The number of hydrogen-bond acceptors (Lipinski definition) is 2. The summed E-state index contributed by atoms with van der Waals surface area (Å²) in [5, 5.41) is 0. The SMILES string of the molecule is CCCCSc1ccccc1.N. The second-order valence-corrected chi connectivity index (χ2v) is 3.68. The first-order valence-electron chi connectivity index (χ1n) is 4.11. The summed E-state index contributed by atoms with van der Waals surface area (Å²) in [5.74, 6) is 1.25. The van der Waals surface area contributed by atoms with Crippen LogP contribution in [0.15, 0.2) is 35.2 Å². The molecule has 1 aromatic carbocycles. The maximum Gasteiger partial charge on any atom is 0.00719 e. The highest BCUT2D eigenvalue weighted by atomic mass is 32.2. The fourth-order valence-corrected chi connectivity index (χ4v) is 1.87. The summed E-state index contributed by atoms with van der Waals surface area (Å²) in [7, 11) is 0. The van der Waals surface area contributed by atoms with Crippen LogP contribution in [0.2, 0.25) is 0 Å². The van der Waals surface area contributed by atoms with Gasteiger partial charge in [-0.15, -0.1) is 11.8 Å². The van der Waals surface area contributed by atoms with Crippen LogP contribution in [0.3, 0.4) is 0 Å². The molecule has 0 aliphatic rings. The molecule has 0 aliphatic heterocycles. The molecule has 1 aromatic rings. The Morgan fingerprint density at radius 3 is 2.42 bits per heavy atom. The Bertz CT molecular complexity index is 186. The summed E-state index contributed by atoms with van der Waals surface area (Å²) in [5.41, 5.74) is 0. The zero-order valence-corrected chi connectivity index (χ0v) is 8.44. The molecule has 0 saturated carbocycles. The van der Waals surface area contributed by atoms with Crippen LogP contribution in [0.1, 0.15) is 19.8 Å². The summed E-state index contributed by atoms with van der Waals surface area (Å²) in [6, 6.07) is 10.6. The Morgan fingerprint density at radius 1 is 1.17 bits per heavy atom. The number of unbranched alkanes of at least 4 members (excludes halogenated alkanes) is 1. The molecule has 0 amide bonds. The second kappa shape index (κ2) is 7.19. The highest BCUT2D eigenvalue weighted by Crippen LogP contribution is 2.17. The van der Waals surface area contributed by atoms with Gasteiger partial charge in [-0.3, -0.25) is 0 Å². The Labute approximate surface area is 79.2 Å². The predicted octanol–water partition coefficient (Wildman–Crippen LogP) is 3.74. The van der Waals surface area contributed by atoms with E-state index in [2.05, 4.69) is 37.3 Å².